The molecule has 5 nitrogen and oxygen atoms in total. The minimum absolute atomic E-state index is 0.170. The number of carbonyl (C=O) groups excluding carboxylic acids is 2. The van der Waals surface area contributed by atoms with Gasteiger partial charge in [-0.2, -0.15) is 0 Å². The molecule has 96 valence electrons. The lowest BCUT2D eigenvalue weighted by Gasteiger charge is -2.21. The van der Waals surface area contributed by atoms with Crippen LogP contribution >= 0.6 is 0 Å². The van der Waals surface area contributed by atoms with Crippen molar-refractivity contribution in [2.24, 2.45) is 0 Å². The molecule has 0 radical (unpaired) electrons. The highest BCUT2D eigenvalue weighted by atomic mass is 16.2. The van der Waals surface area contributed by atoms with E-state index in [1.807, 2.05) is 18.9 Å². The smallest absolute Gasteiger partial charge is 0.322 e. The van der Waals surface area contributed by atoms with Crippen LogP contribution in [0.5, 0.6) is 0 Å². The molecule has 1 atom stereocenters. The van der Waals surface area contributed by atoms with E-state index in [-0.39, 0.29) is 11.9 Å². The van der Waals surface area contributed by atoms with Gasteiger partial charge in [0, 0.05) is 0 Å². The molecule has 0 aromatic carbocycles. The second-order valence-corrected chi connectivity index (χ2v) is 4.29. The molecule has 17 heavy (non-hydrogen) atoms. The first-order valence-electron chi connectivity index (χ1n) is 6.03. The highest BCUT2D eigenvalue weighted by molar-refractivity contribution is 6.05. The molecular weight excluding hydrogens is 218 g/mol. The Balaban J connectivity index is 2.53. The summed E-state index contributed by atoms with van der Waals surface area (Å²) in [6.45, 7) is 5.19. The third-order valence-corrected chi connectivity index (χ3v) is 2.72. The topological polar surface area (TPSA) is 52.7 Å². The van der Waals surface area contributed by atoms with Gasteiger partial charge in [-0.25, -0.2) is 9.69 Å². The van der Waals surface area contributed by atoms with E-state index in [4.69, 9.17) is 0 Å². The van der Waals surface area contributed by atoms with Crippen molar-refractivity contribution in [2.45, 2.75) is 32.7 Å². The van der Waals surface area contributed by atoms with Crippen molar-refractivity contribution in [3.8, 4) is 0 Å². The Bertz CT molecular complexity index is 315. The Morgan fingerprint density at radius 1 is 1.47 bits per heavy atom. The van der Waals surface area contributed by atoms with E-state index in [1.54, 1.807) is 12.2 Å². The Hall–Kier alpha value is -1.36. The van der Waals surface area contributed by atoms with E-state index < -0.39 is 6.04 Å². The van der Waals surface area contributed by atoms with E-state index in [1.165, 1.54) is 4.90 Å². The summed E-state index contributed by atoms with van der Waals surface area (Å²) in [5.74, 6) is -0.170. The minimum Gasteiger partial charge on any atom is -0.322 e. The monoisotopic (exact) mass is 239 g/mol. The summed E-state index contributed by atoms with van der Waals surface area (Å²) in [5.41, 5.74) is 0. The lowest BCUT2D eigenvalue weighted by molar-refractivity contribution is -0.127. The quantitative estimate of drug-likeness (QED) is 0.559. The van der Waals surface area contributed by atoms with Gasteiger partial charge in [0.25, 0.3) is 5.91 Å². The lowest BCUT2D eigenvalue weighted by atomic mass is 10.3. The number of hydrogen-bond donors (Lipinski definition) is 1. The van der Waals surface area contributed by atoms with Gasteiger partial charge < -0.3 is 5.32 Å². The molecule has 1 heterocycles. The molecular formula is C12H21N3O2. The second kappa shape index (κ2) is 6.39. The summed E-state index contributed by atoms with van der Waals surface area (Å²) in [6.07, 6.45) is 5.64. The van der Waals surface area contributed by atoms with Crippen LogP contribution in [0, 0.1) is 0 Å². The first-order valence-corrected chi connectivity index (χ1v) is 6.03. The minimum atomic E-state index is -0.493. The fraction of sp³-hybridized carbons (Fsp3) is 0.667. The maximum absolute atomic E-state index is 11.9. The number of rotatable bonds is 6. The van der Waals surface area contributed by atoms with Gasteiger partial charge in [-0.3, -0.25) is 9.69 Å². The first-order chi connectivity index (χ1) is 8.10. The average molecular weight is 239 g/mol. The number of nitrogens with zero attached hydrogens (tertiary/aromatic N) is 2. The third kappa shape index (κ3) is 3.56. The van der Waals surface area contributed by atoms with Crippen LogP contribution in [0.4, 0.5) is 4.79 Å². The van der Waals surface area contributed by atoms with Crippen LogP contribution in [0.1, 0.15) is 26.7 Å². The number of allylic oxidation sites excluding steroid dienone is 1. The van der Waals surface area contributed by atoms with Crippen molar-refractivity contribution in [1.82, 2.24) is 15.1 Å². The highest BCUT2D eigenvalue weighted by Crippen LogP contribution is 2.08. The SMILES string of the molecule is CC=CC1NC(=O)N(CN(C)CCCC)C1=O. The maximum Gasteiger partial charge on any atom is 0.326 e. The maximum atomic E-state index is 11.9. The standard InChI is InChI=1S/C12H21N3O2/c1-4-6-8-14(3)9-15-11(16)10(7-5-2)13-12(15)17/h5,7,10H,4,6,8-9H2,1-3H3,(H,13,17). The van der Waals surface area contributed by atoms with Gasteiger partial charge in [-0.1, -0.05) is 25.5 Å². The van der Waals surface area contributed by atoms with Crippen molar-refractivity contribution < 1.29 is 9.59 Å². The molecule has 1 unspecified atom stereocenters. The molecule has 0 spiro atoms. The van der Waals surface area contributed by atoms with Crippen molar-refractivity contribution in [3.63, 3.8) is 0 Å². The molecule has 1 rings (SSSR count). The van der Waals surface area contributed by atoms with Crippen LogP contribution < -0.4 is 5.32 Å². The predicted molar refractivity (Wildman–Crippen MR) is 66.4 cm³/mol. The van der Waals surface area contributed by atoms with Gasteiger partial charge in [0.05, 0.1) is 6.67 Å². The zero-order valence-corrected chi connectivity index (χ0v) is 10.8. The largest absolute Gasteiger partial charge is 0.326 e. The molecule has 3 amide bonds. The molecule has 0 aromatic rings. The normalized spacial score (nSPS) is 20.7. The van der Waals surface area contributed by atoms with Crippen LogP contribution in [0.15, 0.2) is 12.2 Å². The first kappa shape index (κ1) is 13.7. The number of carbonyl (C=O) groups is 2. The van der Waals surface area contributed by atoms with Crippen molar-refractivity contribution >= 4 is 11.9 Å². The molecule has 1 aliphatic heterocycles. The highest BCUT2D eigenvalue weighted by Gasteiger charge is 2.36. The van der Waals surface area contributed by atoms with E-state index in [2.05, 4.69) is 12.2 Å². The number of hydrogen-bond acceptors (Lipinski definition) is 3. The third-order valence-electron chi connectivity index (χ3n) is 2.72. The summed E-state index contributed by atoms with van der Waals surface area (Å²) in [4.78, 5) is 26.7. The Kier molecular flexibility index (Phi) is 5.15. The summed E-state index contributed by atoms with van der Waals surface area (Å²) < 4.78 is 0. The van der Waals surface area contributed by atoms with Gasteiger partial charge in [0.1, 0.15) is 6.04 Å². The fourth-order valence-corrected chi connectivity index (χ4v) is 1.74. The van der Waals surface area contributed by atoms with Gasteiger partial charge >= 0.3 is 6.03 Å². The van der Waals surface area contributed by atoms with Crippen LogP contribution in [-0.4, -0.2) is 48.0 Å². The van der Waals surface area contributed by atoms with Crippen LogP contribution in [-0.2, 0) is 4.79 Å². The average Bonchev–Trinajstić information content (AvgIpc) is 2.55. The number of unbranched alkanes of at least 4 members (excludes halogenated alkanes) is 1. The van der Waals surface area contributed by atoms with Crippen molar-refractivity contribution in [2.75, 3.05) is 20.3 Å². The summed E-state index contributed by atoms with van der Waals surface area (Å²) in [6, 6.07) is -0.798. The van der Waals surface area contributed by atoms with Gasteiger partial charge in [-0.05, 0) is 26.9 Å². The summed E-state index contributed by atoms with van der Waals surface area (Å²) in [7, 11) is 1.92. The van der Waals surface area contributed by atoms with Crippen LogP contribution in [0.25, 0.3) is 0 Å². The number of amides is 3. The number of imide groups is 1. The van der Waals surface area contributed by atoms with Crippen molar-refractivity contribution in [3.05, 3.63) is 12.2 Å². The molecule has 1 aliphatic rings. The molecule has 0 aromatic heterocycles. The molecule has 0 saturated carbocycles. The molecule has 0 aliphatic carbocycles. The van der Waals surface area contributed by atoms with Crippen molar-refractivity contribution in [1.29, 1.82) is 0 Å². The molecule has 1 N–H and O–H groups in total. The molecule has 1 fully saturated rings. The molecule has 1 saturated heterocycles. The zero-order valence-electron chi connectivity index (χ0n) is 10.8. The van der Waals surface area contributed by atoms with E-state index in [0.29, 0.717) is 6.67 Å². The van der Waals surface area contributed by atoms with Gasteiger partial charge in [0.2, 0.25) is 0 Å². The van der Waals surface area contributed by atoms with E-state index in [9.17, 15) is 9.59 Å². The fourth-order valence-electron chi connectivity index (χ4n) is 1.74. The molecule has 0 bridgehead atoms. The Labute approximate surface area is 102 Å². The number of urea groups is 1. The second-order valence-electron chi connectivity index (χ2n) is 4.29. The lowest BCUT2D eigenvalue weighted by Crippen LogP contribution is -2.40. The van der Waals surface area contributed by atoms with Gasteiger partial charge in [0.15, 0.2) is 0 Å². The molecule has 5 heteroatoms. The van der Waals surface area contributed by atoms with Crippen LogP contribution in [0.2, 0.25) is 0 Å². The van der Waals surface area contributed by atoms with E-state index in [0.717, 1.165) is 19.4 Å². The summed E-state index contributed by atoms with van der Waals surface area (Å²) >= 11 is 0. The summed E-state index contributed by atoms with van der Waals surface area (Å²) in [5, 5.41) is 2.64. The Morgan fingerprint density at radius 2 is 2.18 bits per heavy atom. The van der Waals surface area contributed by atoms with Gasteiger partial charge in [-0.15, -0.1) is 0 Å². The van der Waals surface area contributed by atoms with Crippen LogP contribution in [0.3, 0.4) is 0 Å². The Morgan fingerprint density at radius 3 is 2.76 bits per heavy atom. The zero-order chi connectivity index (χ0) is 12.8. The predicted octanol–water partition coefficient (Wildman–Crippen LogP) is 1.17. The van der Waals surface area contributed by atoms with E-state index >= 15 is 0 Å². The number of nitrogens with one attached hydrogen (secondary N) is 1.